The van der Waals surface area contributed by atoms with Crippen molar-refractivity contribution in [2.45, 2.75) is 56.3 Å². The topological polar surface area (TPSA) is 77.1 Å². The second-order valence-electron chi connectivity index (χ2n) is 7.94. The molecule has 3 aromatic rings. The fourth-order valence-electron chi connectivity index (χ4n) is 3.91. The molecule has 0 unspecified atom stereocenters. The molecule has 0 spiro atoms. The Bertz CT molecular complexity index is 1060. The van der Waals surface area contributed by atoms with Gasteiger partial charge in [0.2, 0.25) is 5.91 Å². The van der Waals surface area contributed by atoms with E-state index in [1.165, 1.54) is 18.2 Å². The van der Waals surface area contributed by atoms with Crippen LogP contribution in [0.25, 0.3) is 11.4 Å². The zero-order valence-electron chi connectivity index (χ0n) is 17.3. The number of carbonyl (C=O) groups excluding carboxylic acids is 1. The predicted molar refractivity (Wildman–Crippen MR) is 118 cm³/mol. The Morgan fingerprint density at radius 3 is 2.87 bits per heavy atom. The second kappa shape index (κ2) is 9.09. The lowest BCUT2D eigenvalue weighted by atomic mass is 10.0. The first kappa shape index (κ1) is 20.1. The Hall–Kier alpha value is -2.87. The highest BCUT2D eigenvalue weighted by molar-refractivity contribution is 7.99. The normalized spacial score (nSPS) is 16.2. The molecule has 0 N–H and O–H groups in total. The fraction of sp³-hybridized carbons (Fsp3) is 0.391. The summed E-state index contributed by atoms with van der Waals surface area (Å²) in [6.07, 6.45) is 13.9. The van der Waals surface area contributed by atoms with Gasteiger partial charge in [-0.15, -0.1) is 10.2 Å². The van der Waals surface area contributed by atoms with E-state index in [1.807, 2.05) is 35.4 Å². The van der Waals surface area contributed by atoms with Crippen LogP contribution >= 0.6 is 11.8 Å². The Balaban J connectivity index is 1.34. The molecule has 0 bridgehead atoms. The summed E-state index contributed by atoms with van der Waals surface area (Å²) in [5, 5.41) is 9.64. The minimum Gasteiger partial charge on any atom is -0.467 e. The van der Waals surface area contributed by atoms with Gasteiger partial charge in [-0.3, -0.25) is 14.3 Å². The van der Waals surface area contributed by atoms with Crippen LogP contribution in [0.15, 0.2) is 64.3 Å². The number of furan rings is 1. The van der Waals surface area contributed by atoms with E-state index >= 15 is 0 Å². The van der Waals surface area contributed by atoms with Gasteiger partial charge in [0.15, 0.2) is 11.0 Å². The van der Waals surface area contributed by atoms with E-state index in [0.717, 1.165) is 60.1 Å². The SMILES string of the molecule is O=C(CSc1nnc(-c2cccnc2)n1C1CC1)N(Cc1ccco1)C1=CCCCC1. The van der Waals surface area contributed by atoms with Crippen LogP contribution in [0.2, 0.25) is 0 Å². The molecular weight excluding hydrogens is 410 g/mol. The third-order valence-corrected chi connectivity index (χ3v) is 6.56. The summed E-state index contributed by atoms with van der Waals surface area (Å²) in [5.74, 6) is 2.01. The minimum absolute atomic E-state index is 0.0721. The highest BCUT2D eigenvalue weighted by Gasteiger charge is 2.31. The van der Waals surface area contributed by atoms with Crippen LogP contribution in [0.5, 0.6) is 0 Å². The van der Waals surface area contributed by atoms with Crippen LogP contribution < -0.4 is 0 Å². The third kappa shape index (κ3) is 4.58. The molecule has 0 aromatic carbocycles. The van der Waals surface area contributed by atoms with Crippen molar-refractivity contribution in [1.29, 1.82) is 0 Å². The Morgan fingerprint density at radius 2 is 2.16 bits per heavy atom. The summed E-state index contributed by atoms with van der Waals surface area (Å²) in [7, 11) is 0. The van der Waals surface area contributed by atoms with E-state index in [0.29, 0.717) is 18.3 Å². The quantitative estimate of drug-likeness (QED) is 0.471. The van der Waals surface area contributed by atoms with E-state index in [1.54, 1.807) is 12.5 Å². The van der Waals surface area contributed by atoms with Crippen LogP contribution in [0.1, 0.15) is 50.3 Å². The molecular formula is C23H25N5O2S. The number of nitrogens with zero attached hydrogens (tertiary/aromatic N) is 5. The number of hydrogen-bond acceptors (Lipinski definition) is 6. The van der Waals surface area contributed by atoms with Crippen molar-refractivity contribution in [1.82, 2.24) is 24.6 Å². The molecule has 7 nitrogen and oxygen atoms in total. The Morgan fingerprint density at radius 1 is 1.23 bits per heavy atom. The molecule has 1 saturated carbocycles. The molecule has 31 heavy (non-hydrogen) atoms. The minimum atomic E-state index is 0.0721. The maximum absolute atomic E-state index is 13.3. The van der Waals surface area contributed by atoms with Crippen LogP contribution in [-0.4, -0.2) is 36.3 Å². The molecule has 160 valence electrons. The lowest BCUT2D eigenvalue weighted by Crippen LogP contribution is -2.32. The first-order valence-corrected chi connectivity index (χ1v) is 11.8. The third-order valence-electron chi connectivity index (χ3n) is 5.63. The van der Waals surface area contributed by atoms with Crippen LogP contribution in [0.3, 0.4) is 0 Å². The lowest BCUT2D eigenvalue weighted by molar-refractivity contribution is -0.127. The van der Waals surface area contributed by atoms with Gasteiger partial charge < -0.3 is 9.32 Å². The molecule has 2 aliphatic rings. The summed E-state index contributed by atoms with van der Waals surface area (Å²) in [6, 6.07) is 8.09. The van der Waals surface area contributed by atoms with Crippen molar-refractivity contribution in [3.63, 3.8) is 0 Å². The number of rotatable bonds is 8. The van der Waals surface area contributed by atoms with Crippen molar-refractivity contribution in [3.05, 3.63) is 60.5 Å². The molecule has 1 amide bonds. The van der Waals surface area contributed by atoms with Gasteiger partial charge in [0.05, 0.1) is 18.6 Å². The van der Waals surface area contributed by atoms with Gasteiger partial charge in [-0.1, -0.05) is 17.8 Å². The summed E-state index contributed by atoms with van der Waals surface area (Å²) in [6.45, 7) is 0.467. The number of thioether (sulfide) groups is 1. The maximum atomic E-state index is 13.3. The molecule has 0 atom stereocenters. The van der Waals surface area contributed by atoms with Gasteiger partial charge in [-0.2, -0.15) is 0 Å². The Kier molecular flexibility index (Phi) is 5.88. The average Bonchev–Trinajstić information content (AvgIpc) is 3.35. The number of aromatic nitrogens is 4. The number of hydrogen-bond donors (Lipinski definition) is 0. The first-order valence-electron chi connectivity index (χ1n) is 10.8. The first-order chi connectivity index (χ1) is 15.3. The molecule has 2 aliphatic carbocycles. The largest absolute Gasteiger partial charge is 0.467 e. The second-order valence-corrected chi connectivity index (χ2v) is 8.88. The van der Waals surface area contributed by atoms with Crippen molar-refractivity contribution in [2.75, 3.05) is 5.75 Å². The van der Waals surface area contributed by atoms with E-state index < -0.39 is 0 Å². The van der Waals surface area contributed by atoms with Gasteiger partial charge in [-0.25, -0.2) is 0 Å². The smallest absolute Gasteiger partial charge is 0.237 e. The average molecular weight is 436 g/mol. The number of allylic oxidation sites excluding steroid dienone is 2. The van der Waals surface area contributed by atoms with Crippen molar-refractivity contribution < 1.29 is 9.21 Å². The molecule has 8 heteroatoms. The number of pyridine rings is 1. The molecule has 3 heterocycles. The van der Waals surface area contributed by atoms with Crippen molar-refractivity contribution in [3.8, 4) is 11.4 Å². The van der Waals surface area contributed by atoms with Crippen LogP contribution in [0.4, 0.5) is 0 Å². The van der Waals surface area contributed by atoms with Gasteiger partial charge in [0, 0.05) is 29.7 Å². The molecule has 3 aromatic heterocycles. The number of carbonyl (C=O) groups is 1. The summed E-state index contributed by atoms with van der Waals surface area (Å²) < 4.78 is 7.69. The van der Waals surface area contributed by atoms with Gasteiger partial charge in [0.25, 0.3) is 0 Å². The molecule has 5 rings (SSSR count). The zero-order chi connectivity index (χ0) is 21.0. The zero-order valence-corrected chi connectivity index (χ0v) is 18.1. The van der Waals surface area contributed by atoms with E-state index in [4.69, 9.17) is 4.42 Å². The van der Waals surface area contributed by atoms with E-state index in [9.17, 15) is 4.79 Å². The Labute approximate surface area is 185 Å². The predicted octanol–water partition coefficient (Wildman–Crippen LogP) is 4.85. The summed E-state index contributed by atoms with van der Waals surface area (Å²) in [4.78, 5) is 19.4. The van der Waals surface area contributed by atoms with Crippen LogP contribution in [-0.2, 0) is 11.3 Å². The van der Waals surface area contributed by atoms with Crippen molar-refractivity contribution in [2.24, 2.45) is 0 Å². The van der Waals surface area contributed by atoms with Gasteiger partial charge in [0.1, 0.15) is 5.76 Å². The molecule has 0 radical (unpaired) electrons. The lowest BCUT2D eigenvalue weighted by Gasteiger charge is -2.27. The van der Waals surface area contributed by atoms with Gasteiger partial charge >= 0.3 is 0 Å². The monoisotopic (exact) mass is 435 g/mol. The standard InChI is InChI=1S/C23H25N5O2S/c29-21(27(15-20-9-5-13-30-20)18-7-2-1-3-8-18)16-31-23-26-25-22(28(23)19-10-11-19)17-6-4-12-24-14-17/h4-7,9,12-14,19H,1-3,8,10-11,15-16H2. The fourth-order valence-corrected chi connectivity index (χ4v) is 4.79. The molecule has 1 fully saturated rings. The molecule has 0 saturated heterocycles. The highest BCUT2D eigenvalue weighted by Crippen LogP contribution is 2.41. The van der Waals surface area contributed by atoms with Crippen molar-refractivity contribution >= 4 is 17.7 Å². The van der Waals surface area contributed by atoms with E-state index in [2.05, 4.69) is 25.8 Å². The summed E-state index contributed by atoms with van der Waals surface area (Å²) in [5.41, 5.74) is 2.06. The molecule has 0 aliphatic heterocycles. The number of amides is 1. The summed E-state index contributed by atoms with van der Waals surface area (Å²) >= 11 is 1.46. The van der Waals surface area contributed by atoms with Crippen LogP contribution in [0, 0.1) is 0 Å². The maximum Gasteiger partial charge on any atom is 0.237 e. The van der Waals surface area contributed by atoms with Gasteiger partial charge in [-0.05, 0) is 62.8 Å². The highest BCUT2D eigenvalue weighted by atomic mass is 32.2. The van der Waals surface area contributed by atoms with E-state index in [-0.39, 0.29) is 5.91 Å².